The predicted molar refractivity (Wildman–Crippen MR) is 76.4 cm³/mol. The van der Waals surface area contributed by atoms with Gasteiger partial charge in [0, 0.05) is 25.1 Å². The van der Waals surface area contributed by atoms with Crippen LogP contribution in [0, 0.1) is 18.8 Å². The fourth-order valence-electron chi connectivity index (χ4n) is 2.22. The first-order valence-corrected chi connectivity index (χ1v) is 7.03. The zero-order chi connectivity index (χ0) is 13.4. The van der Waals surface area contributed by atoms with Gasteiger partial charge in [-0.1, -0.05) is 32.4 Å². The molecule has 3 nitrogen and oxygen atoms in total. The fraction of sp³-hybridized carbons (Fsp3) is 0.714. The van der Waals surface area contributed by atoms with E-state index >= 15 is 0 Å². The Kier molecular flexibility index (Phi) is 3.81. The van der Waals surface area contributed by atoms with Crippen LogP contribution in [0.15, 0.2) is 0 Å². The Hall–Kier alpha value is -0.830. The number of rotatable bonds is 4. The van der Waals surface area contributed by atoms with Crippen molar-refractivity contribution in [3.8, 4) is 0 Å². The van der Waals surface area contributed by atoms with Gasteiger partial charge in [-0.15, -0.1) is 0 Å². The van der Waals surface area contributed by atoms with Crippen molar-refractivity contribution in [1.82, 2.24) is 9.97 Å². The van der Waals surface area contributed by atoms with Crippen molar-refractivity contribution in [2.45, 2.75) is 40.0 Å². The van der Waals surface area contributed by atoms with Crippen molar-refractivity contribution in [3.63, 3.8) is 0 Å². The van der Waals surface area contributed by atoms with E-state index in [1.165, 1.54) is 6.42 Å². The van der Waals surface area contributed by atoms with Gasteiger partial charge in [-0.05, 0) is 25.2 Å². The molecule has 0 amide bonds. The van der Waals surface area contributed by atoms with Crippen LogP contribution in [0.4, 0.5) is 5.82 Å². The van der Waals surface area contributed by atoms with E-state index in [1.54, 1.807) is 0 Å². The van der Waals surface area contributed by atoms with Crippen molar-refractivity contribution < 1.29 is 0 Å². The minimum Gasteiger partial charge on any atom is -0.359 e. The lowest BCUT2D eigenvalue weighted by molar-refractivity contribution is 0.705. The van der Waals surface area contributed by atoms with Gasteiger partial charge in [0.25, 0.3) is 0 Å². The molecular weight excluding hydrogens is 246 g/mol. The van der Waals surface area contributed by atoms with Gasteiger partial charge in [-0.25, -0.2) is 9.97 Å². The SMILES string of the molecule is Cc1c(Cl)nc(C(C)C)nc1N(C)CC1CC1C. The van der Waals surface area contributed by atoms with Crippen LogP contribution in [0.1, 0.15) is 44.5 Å². The molecule has 2 unspecified atom stereocenters. The van der Waals surface area contributed by atoms with Crippen LogP contribution in [-0.2, 0) is 0 Å². The Morgan fingerprint density at radius 1 is 1.39 bits per heavy atom. The van der Waals surface area contributed by atoms with Gasteiger partial charge in [0.2, 0.25) is 0 Å². The topological polar surface area (TPSA) is 29.0 Å². The van der Waals surface area contributed by atoms with Gasteiger partial charge < -0.3 is 4.90 Å². The van der Waals surface area contributed by atoms with Gasteiger partial charge >= 0.3 is 0 Å². The molecule has 1 aliphatic rings. The molecule has 2 rings (SSSR count). The van der Waals surface area contributed by atoms with Crippen LogP contribution in [-0.4, -0.2) is 23.6 Å². The molecule has 1 aromatic rings. The summed E-state index contributed by atoms with van der Waals surface area (Å²) in [5.41, 5.74) is 0.983. The van der Waals surface area contributed by atoms with E-state index in [9.17, 15) is 0 Å². The van der Waals surface area contributed by atoms with Crippen LogP contribution in [0.25, 0.3) is 0 Å². The third kappa shape index (κ3) is 2.77. The van der Waals surface area contributed by atoms with Crippen molar-refractivity contribution in [1.29, 1.82) is 0 Å². The lowest BCUT2D eigenvalue weighted by Gasteiger charge is -2.22. The Balaban J connectivity index is 2.24. The Bertz CT molecular complexity index is 445. The monoisotopic (exact) mass is 267 g/mol. The normalized spacial score (nSPS) is 22.4. The van der Waals surface area contributed by atoms with Crippen LogP contribution in [0.3, 0.4) is 0 Å². The summed E-state index contributed by atoms with van der Waals surface area (Å²) in [7, 11) is 2.10. The van der Waals surface area contributed by atoms with E-state index in [0.717, 1.165) is 35.6 Å². The highest BCUT2D eigenvalue weighted by Gasteiger charge is 2.33. The molecule has 0 bridgehead atoms. The number of hydrogen-bond acceptors (Lipinski definition) is 3. The largest absolute Gasteiger partial charge is 0.359 e. The van der Waals surface area contributed by atoms with Crippen LogP contribution < -0.4 is 4.90 Å². The summed E-state index contributed by atoms with van der Waals surface area (Å²) in [5, 5.41) is 0.583. The van der Waals surface area contributed by atoms with Crippen LogP contribution in [0.5, 0.6) is 0 Å². The summed E-state index contributed by atoms with van der Waals surface area (Å²) in [6.45, 7) is 9.54. The van der Waals surface area contributed by atoms with E-state index in [2.05, 4.69) is 42.7 Å². The number of aromatic nitrogens is 2. The highest BCUT2D eigenvalue weighted by atomic mass is 35.5. The third-order valence-corrected chi connectivity index (χ3v) is 4.11. The molecule has 1 fully saturated rings. The Labute approximate surface area is 115 Å². The van der Waals surface area contributed by atoms with E-state index in [-0.39, 0.29) is 0 Å². The van der Waals surface area contributed by atoms with Gasteiger partial charge in [0.1, 0.15) is 16.8 Å². The molecule has 0 saturated heterocycles. The third-order valence-electron chi connectivity index (χ3n) is 3.74. The van der Waals surface area contributed by atoms with E-state index in [0.29, 0.717) is 11.1 Å². The average molecular weight is 268 g/mol. The van der Waals surface area contributed by atoms with Crippen molar-refractivity contribution in [2.75, 3.05) is 18.5 Å². The average Bonchev–Trinajstić information content (AvgIpc) is 2.97. The summed E-state index contributed by atoms with van der Waals surface area (Å²) in [5.74, 6) is 3.78. The molecule has 0 aliphatic heterocycles. The molecule has 0 spiro atoms. The highest BCUT2D eigenvalue weighted by molar-refractivity contribution is 6.30. The molecule has 1 heterocycles. The zero-order valence-electron chi connectivity index (χ0n) is 11.9. The van der Waals surface area contributed by atoms with E-state index < -0.39 is 0 Å². The number of nitrogens with zero attached hydrogens (tertiary/aromatic N) is 3. The maximum atomic E-state index is 6.21. The molecule has 4 heteroatoms. The number of halogens is 1. The smallest absolute Gasteiger partial charge is 0.137 e. The molecule has 1 aromatic heterocycles. The second-order valence-corrected chi connectivity index (χ2v) is 6.19. The minimum absolute atomic E-state index is 0.301. The van der Waals surface area contributed by atoms with Gasteiger partial charge in [0.05, 0.1) is 0 Å². The molecule has 1 aliphatic carbocycles. The zero-order valence-corrected chi connectivity index (χ0v) is 12.6. The molecule has 0 radical (unpaired) electrons. The standard InChI is InChI=1S/C14H22ClN3/c1-8(2)13-16-12(15)10(4)14(17-13)18(5)7-11-6-9(11)3/h8-9,11H,6-7H2,1-5H3. The molecule has 2 atom stereocenters. The molecule has 0 N–H and O–H groups in total. The van der Waals surface area contributed by atoms with Crippen molar-refractivity contribution >= 4 is 17.4 Å². The molecule has 100 valence electrons. The van der Waals surface area contributed by atoms with Gasteiger partial charge in [-0.3, -0.25) is 0 Å². The Morgan fingerprint density at radius 3 is 2.50 bits per heavy atom. The minimum atomic E-state index is 0.301. The maximum absolute atomic E-state index is 6.21. The lowest BCUT2D eigenvalue weighted by Crippen LogP contribution is -2.23. The van der Waals surface area contributed by atoms with Crippen LogP contribution in [0.2, 0.25) is 5.15 Å². The molecular formula is C14H22ClN3. The summed E-state index contributed by atoms with van der Waals surface area (Å²) >= 11 is 6.21. The maximum Gasteiger partial charge on any atom is 0.137 e. The second-order valence-electron chi connectivity index (χ2n) is 5.83. The molecule has 18 heavy (non-hydrogen) atoms. The second kappa shape index (κ2) is 5.04. The van der Waals surface area contributed by atoms with Crippen molar-refractivity contribution in [2.24, 2.45) is 11.8 Å². The van der Waals surface area contributed by atoms with Crippen molar-refractivity contribution in [3.05, 3.63) is 16.5 Å². The predicted octanol–water partition coefficient (Wildman–Crippen LogP) is 3.65. The first-order valence-electron chi connectivity index (χ1n) is 6.65. The van der Waals surface area contributed by atoms with Gasteiger partial charge in [-0.2, -0.15) is 0 Å². The molecule has 0 aromatic carbocycles. The highest BCUT2D eigenvalue weighted by Crippen LogP contribution is 2.39. The van der Waals surface area contributed by atoms with E-state index in [1.807, 2.05) is 6.92 Å². The summed E-state index contributed by atoms with van der Waals surface area (Å²) in [4.78, 5) is 11.2. The number of hydrogen-bond donors (Lipinski definition) is 0. The summed E-state index contributed by atoms with van der Waals surface area (Å²) in [6.07, 6.45) is 1.33. The van der Waals surface area contributed by atoms with Crippen LogP contribution >= 0.6 is 11.6 Å². The first kappa shape index (κ1) is 13.6. The summed E-state index contributed by atoms with van der Waals surface area (Å²) < 4.78 is 0. The Morgan fingerprint density at radius 2 is 2.00 bits per heavy atom. The van der Waals surface area contributed by atoms with Gasteiger partial charge in [0.15, 0.2) is 0 Å². The molecule has 1 saturated carbocycles. The quantitative estimate of drug-likeness (QED) is 0.780. The first-order chi connectivity index (χ1) is 8.40. The fourth-order valence-corrected chi connectivity index (χ4v) is 2.39. The number of anilines is 1. The van der Waals surface area contributed by atoms with E-state index in [4.69, 9.17) is 11.6 Å². The summed E-state index contributed by atoms with van der Waals surface area (Å²) in [6, 6.07) is 0. The lowest BCUT2D eigenvalue weighted by atomic mass is 10.2.